The number of hydrogen-bond donors (Lipinski definition) is 2. The van der Waals surface area contributed by atoms with Gasteiger partial charge in [0.15, 0.2) is 0 Å². The van der Waals surface area contributed by atoms with Crippen LogP contribution in [0.2, 0.25) is 0 Å². The lowest BCUT2D eigenvalue weighted by atomic mass is 9.89. The van der Waals surface area contributed by atoms with Crippen LogP contribution in [-0.4, -0.2) is 81.8 Å². The third-order valence-corrected chi connectivity index (χ3v) is 8.89. The highest BCUT2D eigenvalue weighted by Gasteiger charge is 2.27. The van der Waals surface area contributed by atoms with Crippen molar-refractivity contribution in [2.45, 2.75) is 67.2 Å². The van der Waals surface area contributed by atoms with Gasteiger partial charge in [-0.05, 0) is 71.4 Å². The van der Waals surface area contributed by atoms with E-state index in [4.69, 9.17) is 39.9 Å². The van der Waals surface area contributed by atoms with Crippen molar-refractivity contribution in [2.24, 2.45) is 11.5 Å². The summed E-state index contributed by atoms with van der Waals surface area (Å²) < 4.78 is 48.1. The SMILES string of the molecule is COc1c(C)c(-c2ccc(N(CC=C(C)C)C(=O)OCOC(=O)CCC(N)=O)c(F)c2)c(OC)c(C)c1-c1ccc(N(CC=C(C)C)C(=O)OCOC(=O)CCC(N)=O)nc1. The number of rotatable bonds is 20. The second-order valence-electron chi connectivity index (χ2n) is 13.9. The predicted octanol–water partition coefficient (Wildman–Crippen LogP) is 6.54. The Morgan fingerprint density at radius 2 is 1.11 bits per heavy atom. The minimum Gasteiger partial charge on any atom is -0.496 e. The van der Waals surface area contributed by atoms with Crippen molar-refractivity contribution in [1.29, 1.82) is 0 Å². The summed E-state index contributed by atoms with van der Waals surface area (Å²) in [7, 11) is 2.97. The Morgan fingerprint density at radius 1 is 0.656 bits per heavy atom. The van der Waals surface area contributed by atoms with Crippen LogP contribution in [0.3, 0.4) is 0 Å². The highest BCUT2D eigenvalue weighted by Crippen LogP contribution is 2.48. The van der Waals surface area contributed by atoms with E-state index in [9.17, 15) is 28.8 Å². The fraction of sp³-hybridized carbons (Fsp3) is 0.372. The Labute approximate surface area is 353 Å². The Balaban J connectivity index is 1.97. The first-order valence-electron chi connectivity index (χ1n) is 18.9. The lowest BCUT2D eigenvalue weighted by Gasteiger charge is -2.24. The van der Waals surface area contributed by atoms with E-state index >= 15 is 4.39 Å². The molecular weight excluding hydrogens is 797 g/mol. The molecule has 0 atom stereocenters. The van der Waals surface area contributed by atoms with E-state index in [1.165, 1.54) is 31.3 Å². The summed E-state index contributed by atoms with van der Waals surface area (Å²) in [6.07, 6.45) is 2.21. The van der Waals surface area contributed by atoms with E-state index in [0.29, 0.717) is 44.9 Å². The molecule has 0 bridgehead atoms. The summed E-state index contributed by atoms with van der Waals surface area (Å²) in [6, 6.07) is 7.63. The second kappa shape index (κ2) is 23.0. The normalized spacial score (nSPS) is 10.4. The molecule has 0 radical (unpaired) electrons. The van der Waals surface area contributed by atoms with Gasteiger partial charge in [0.2, 0.25) is 25.4 Å². The Hall–Kier alpha value is -6.98. The molecule has 0 unspecified atom stereocenters. The molecule has 328 valence electrons. The molecule has 4 amide bonds. The molecule has 4 N–H and O–H groups in total. The molecule has 0 aliphatic heterocycles. The van der Waals surface area contributed by atoms with Crippen molar-refractivity contribution >= 4 is 47.4 Å². The number of amides is 4. The quantitative estimate of drug-likeness (QED) is 0.0700. The lowest BCUT2D eigenvalue weighted by Crippen LogP contribution is -2.33. The maximum Gasteiger partial charge on any atom is 0.418 e. The molecule has 0 aliphatic carbocycles. The number of esters is 2. The number of pyridine rings is 1. The van der Waals surface area contributed by atoms with Gasteiger partial charge in [-0.2, -0.15) is 0 Å². The van der Waals surface area contributed by atoms with Gasteiger partial charge in [0.1, 0.15) is 23.1 Å². The average molecular weight is 850 g/mol. The molecule has 2 aromatic carbocycles. The third kappa shape index (κ3) is 13.8. The molecule has 3 aromatic rings. The van der Waals surface area contributed by atoms with Crippen LogP contribution in [0.4, 0.5) is 25.5 Å². The number of ether oxygens (including phenoxy) is 6. The first-order valence-corrected chi connectivity index (χ1v) is 18.9. The number of allylic oxidation sites excluding steroid dienone is 2. The van der Waals surface area contributed by atoms with Crippen LogP contribution in [-0.2, 0) is 38.1 Å². The van der Waals surface area contributed by atoms with Gasteiger partial charge in [0, 0.05) is 59.9 Å². The van der Waals surface area contributed by atoms with Crippen molar-refractivity contribution < 1.29 is 61.6 Å². The van der Waals surface area contributed by atoms with Gasteiger partial charge in [-0.25, -0.2) is 19.0 Å². The summed E-state index contributed by atoms with van der Waals surface area (Å²) in [5.41, 5.74) is 15.1. The van der Waals surface area contributed by atoms with Crippen LogP contribution in [0.15, 0.2) is 59.8 Å². The molecule has 17 nitrogen and oxygen atoms in total. The van der Waals surface area contributed by atoms with E-state index < -0.39 is 55.3 Å². The molecule has 0 saturated carbocycles. The summed E-state index contributed by atoms with van der Waals surface area (Å²) in [5.74, 6) is -2.62. The first kappa shape index (κ1) is 48.4. The molecular formula is C43H52FN5O12. The van der Waals surface area contributed by atoms with E-state index in [1.807, 2.05) is 27.7 Å². The Morgan fingerprint density at radius 3 is 1.54 bits per heavy atom. The summed E-state index contributed by atoms with van der Waals surface area (Å²) in [4.78, 5) is 78.8. The molecule has 18 heteroatoms. The van der Waals surface area contributed by atoms with Crippen molar-refractivity contribution in [2.75, 3.05) is 50.7 Å². The fourth-order valence-corrected chi connectivity index (χ4v) is 5.85. The van der Waals surface area contributed by atoms with Gasteiger partial charge >= 0.3 is 24.1 Å². The molecule has 0 spiro atoms. The van der Waals surface area contributed by atoms with Gasteiger partial charge in [-0.3, -0.25) is 29.0 Å². The number of halogens is 1. The van der Waals surface area contributed by atoms with Crippen molar-refractivity contribution in [1.82, 2.24) is 4.98 Å². The van der Waals surface area contributed by atoms with Gasteiger partial charge in [0.25, 0.3) is 0 Å². The van der Waals surface area contributed by atoms with E-state index in [-0.39, 0.29) is 50.3 Å². The Bertz CT molecular complexity index is 2160. The molecule has 1 heterocycles. The number of primary amides is 2. The zero-order chi connectivity index (χ0) is 45.4. The van der Waals surface area contributed by atoms with Crippen molar-refractivity contribution in [3.63, 3.8) is 0 Å². The second-order valence-corrected chi connectivity index (χ2v) is 13.9. The minimum atomic E-state index is -0.988. The summed E-state index contributed by atoms with van der Waals surface area (Å²) in [6.45, 7) is 9.50. The van der Waals surface area contributed by atoms with Crippen molar-refractivity contribution in [3.8, 4) is 33.8 Å². The largest absolute Gasteiger partial charge is 0.496 e. The van der Waals surface area contributed by atoms with Gasteiger partial charge in [-0.15, -0.1) is 0 Å². The van der Waals surface area contributed by atoms with Crippen LogP contribution in [0.1, 0.15) is 64.5 Å². The number of anilines is 2. The topological polar surface area (TPSA) is 229 Å². The number of benzene rings is 2. The molecule has 3 rings (SSSR count). The van der Waals surface area contributed by atoms with E-state index in [0.717, 1.165) is 16.0 Å². The number of nitrogens with two attached hydrogens (primary N) is 2. The fourth-order valence-electron chi connectivity index (χ4n) is 5.85. The minimum absolute atomic E-state index is 0.0626. The monoisotopic (exact) mass is 849 g/mol. The number of carbonyl (C=O) groups excluding carboxylic acids is 6. The zero-order valence-corrected chi connectivity index (χ0v) is 35.5. The maximum atomic E-state index is 16.2. The number of hydrogen-bond acceptors (Lipinski definition) is 13. The number of nitrogens with zero attached hydrogens (tertiary/aromatic N) is 3. The van der Waals surface area contributed by atoms with Crippen molar-refractivity contribution in [3.05, 3.63) is 76.8 Å². The van der Waals surface area contributed by atoms with Crippen LogP contribution < -0.4 is 30.7 Å². The first-order chi connectivity index (χ1) is 28.9. The molecule has 1 aromatic heterocycles. The van der Waals surface area contributed by atoms with Crippen LogP contribution in [0.25, 0.3) is 22.3 Å². The van der Waals surface area contributed by atoms with Crippen LogP contribution in [0, 0.1) is 19.7 Å². The maximum absolute atomic E-state index is 16.2. The third-order valence-electron chi connectivity index (χ3n) is 8.89. The number of aromatic nitrogens is 1. The summed E-state index contributed by atoms with van der Waals surface area (Å²) >= 11 is 0. The van der Waals surface area contributed by atoms with Crippen LogP contribution in [0.5, 0.6) is 11.5 Å². The predicted molar refractivity (Wildman–Crippen MR) is 223 cm³/mol. The highest BCUT2D eigenvalue weighted by atomic mass is 19.1. The molecule has 61 heavy (non-hydrogen) atoms. The summed E-state index contributed by atoms with van der Waals surface area (Å²) in [5, 5.41) is 0. The van der Waals surface area contributed by atoms with Crippen LogP contribution >= 0.6 is 0 Å². The van der Waals surface area contributed by atoms with E-state index in [1.54, 1.807) is 50.4 Å². The van der Waals surface area contributed by atoms with E-state index in [2.05, 4.69) is 4.98 Å². The Kier molecular flexibility index (Phi) is 18.2. The average Bonchev–Trinajstić information content (AvgIpc) is 3.20. The van der Waals surface area contributed by atoms with Gasteiger partial charge < -0.3 is 39.9 Å². The molecule has 0 fully saturated rings. The van der Waals surface area contributed by atoms with Gasteiger partial charge in [0.05, 0.1) is 32.7 Å². The lowest BCUT2D eigenvalue weighted by molar-refractivity contribution is -0.153. The number of carbonyl (C=O) groups is 6. The zero-order valence-electron chi connectivity index (χ0n) is 35.5. The molecule has 0 saturated heterocycles. The highest BCUT2D eigenvalue weighted by molar-refractivity contribution is 5.92. The smallest absolute Gasteiger partial charge is 0.418 e. The molecule has 0 aliphatic rings. The van der Waals surface area contributed by atoms with Gasteiger partial charge in [-0.1, -0.05) is 29.4 Å². The number of methoxy groups -OCH3 is 2. The standard InChI is InChI=1S/C43H52FN5O12/c1-25(2)17-19-48(42(54)60-23-58-36(52)15-12-33(45)50)32-11-9-29(21-31(32)44)38-27(5)41(57-8)39(28(6)40(38)56-7)30-10-14-35(47-22-30)49(20-18-26(3)4)43(55)61-24-59-37(53)16-13-34(46)51/h9-11,14,17-18,21-22H,12-13,15-16,19-20,23-24H2,1-8H3,(H2,45,50)(H2,46,51).